The summed E-state index contributed by atoms with van der Waals surface area (Å²) in [5.41, 5.74) is 2.50. The Hall–Kier alpha value is -1.89. The van der Waals surface area contributed by atoms with Crippen LogP contribution >= 0.6 is 0 Å². The molecule has 2 aliphatic rings. The number of hydrogen-bond acceptors (Lipinski definition) is 4. The van der Waals surface area contributed by atoms with Gasteiger partial charge in [-0.1, -0.05) is 0 Å². The van der Waals surface area contributed by atoms with Crippen molar-refractivity contribution in [3.05, 3.63) is 33.8 Å². The Bertz CT molecular complexity index is 804. The summed E-state index contributed by atoms with van der Waals surface area (Å²) in [7, 11) is 1.77. The Morgan fingerprint density at radius 1 is 1.16 bits per heavy atom. The van der Waals surface area contributed by atoms with Gasteiger partial charge in [-0.15, -0.1) is 0 Å². The van der Waals surface area contributed by atoms with E-state index in [-0.39, 0.29) is 5.69 Å². The lowest BCUT2D eigenvalue weighted by atomic mass is 10.0. The molecule has 0 aromatic carbocycles. The van der Waals surface area contributed by atoms with Crippen molar-refractivity contribution < 1.29 is 0 Å². The van der Waals surface area contributed by atoms with Crippen LogP contribution in [0.1, 0.15) is 61.6 Å². The molecule has 0 radical (unpaired) electrons. The normalized spacial score (nSPS) is 19.6. The minimum absolute atomic E-state index is 0.0559. The third-order valence-electron chi connectivity index (χ3n) is 5.61. The molecule has 0 spiro atoms. The molecule has 1 aliphatic carbocycles. The molecule has 2 aromatic heterocycles. The molecule has 4 rings (SSSR count). The van der Waals surface area contributed by atoms with E-state index in [1.54, 1.807) is 7.05 Å². The minimum atomic E-state index is 0.0559. The van der Waals surface area contributed by atoms with Crippen molar-refractivity contribution in [2.45, 2.75) is 64.6 Å². The van der Waals surface area contributed by atoms with Crippen LogP contribution in [0.25, 0.3) is 0 Å². The predicted molar refractivity (Wildman–Crippen MR) is 95.6 cm³/mol. The van der Waals surface area contributed by atoms with Gasteiger partial charge in [-0.3, -0.25) is 14.1 Å². The first-order valence-electron chi connectivity index (χ1n) is 9.47. The largest absolute Gasteiger partial charge is 0.345 e. The van der Waals surface area contributed by atoms with Crippen LogP contribution in [0.15, 0.2) is 11.0 Å². The van der Waals surface area contributed by atoms with Crippen LogP contribution in [0.5, 0.6) is 0 Å². The number of hydrogen-bond donors (Lipinski definition) is 0. The summed E-state index contributed by atoms with van der Waals surface area (Å²) in [5.74, 6) is 1.53. The highest BCUT2D eigenvalue weighted by Gasteiger charge is 2.34. The number of nitrogens with zero attached hydrogens (tertiary/aromatic N) is 6. The van der Waals surface area contributed by atoms with Gasteiger partial charge in [0.25, 0.3) is 0 Å². The van der Waals surface area contributed by atoms with E-state index in [4.69, 9.17) is 0 Å². The van der Waals surface area contributed by atoms with Crippen molar-refractivity contribution in [1.82, 2.24) is 29.0 Å². The number of likely N-dealkylation sites (tertiary alicyclic amines) is 1. The summed E-state index contributed by atoms with van der Waals surface area (Å²) in [6.07, 6.45) is 6.56. The molecule has 136 valence electrons. The van der Waals surface area contributed by atoms with Crippen LogP contribution in [0, 0.1) is 6.92 Å². The van der Waals surface area contributed by atoms with Crippen LogP contribution in [0.3, 0.4) is 0 Å². The molecule has 0 atom stereocenters. The van der Waals surface area contributed by atoms with E-state index in [1.807, 2.05) is 9.25 Å². The van der Waals surface area contributed by atoms with Crippen molar-refractivity contribution >= 4 is 0 Å². The molecule has 0 amide bonds. The summed E-state index contributed by atoms with van der Waals surface area (Å²) < 4.78 is 5.52. The Kier molecular flexibility index (Phi) is 4.27. The summed E-state index contributed by atoms with van der Waals surface area (Å²) in [6.45, 7) is 8.11. The van der Waals surface area contributed by atoms with Crippen LogP contribution in [0.4, 0.5) is 0 Å². The van der Waals surface area contributed by atoms with Gasteiger partial charge in [0.15, 0.2) is 0 Å². The molecule has 3 heterocycles. The Balaban J connectivity index is 1.43. The molecule has 2 aromatic rings. The molecule has 25 heavy (non-hydrogen) atoms. The number of piperidine rings is 1. The second kappa shape index (κ2) is 6.44. The number of rotatable bonds is 5. The summed E-state index contributed by atoms with van der Waals surface area (Å²) in [4.78, 5) is 15.0. The first-order valence-corrected chi connectivity index (χ1v) is 9.47. The van der Waals surface area contributed by atoms with Gasteiger partial charge in [-0.25, -0.2) is 9.48 Å². The zero-order chi connectivity index (χ0) is 17.6. The maximum absolute atomic E-state index is 12.5. The molecule has 0 bridgehead atoms. The fourth-order valence-electron chi connectivity index (χ4n) is 3.91. The lowest BCUT2D eigenvalue weighted by Crippen LogP contribution is -2.37. The fourth-order valence-corrected chi connectivity index (χ4v) is 3.91. The van der Waals surface area contributed by atoms with Gasteiger partial charge >= 0.3 is 5.69 Å². The number of aromatic nitrogens is 5. The van der Waals surface area contributed by atoms with Crippen LogP contribution < -0.4 is 5.69 Å². The van der Waals surface area contributed by atoms with Crippen molar-refractivity contribution in [3.8, 4) is 0 Å². The first kappa shape index (κ1) is 16.6. The van der Waals surface area contributed by atoms with Crippen LogP contribution in [0.2, 0.25) is 0 Å². The van der Waals surface area contributed by atoms with E-state index < -0.39 is 0 Å². The third kappa shape index (κ3) is 3.17. The molecule has 1 saturated heterocycles. The Labute approximate surface area is 148 Å². The van der Waals surface area contributed by atoms with E-state index in [9.17, 15) is 4.79 Å². The smallest absolute Gasteiger partial charge is 0.299 e. The summed E-state index contributed by atoms with van der Waals surface area (Å²) in [6, 6.07) is 0.299. The Morgan fingerprint density at radius 2 is 1.88 bits per heavy atom. The van der Waals surface area contributed by atoms with Gasteiger partial charge in [-0.2, -0.15) is 10.2 Å². The molecule has 7 heteroatoms. The van der Waals surface area contributed by atoms with Crippen molar-refractivity contribution in [3.63, 3.8) is 0 Å². The maximum Gasteiger partial charge on any atom is 0.345 e. The highest BCUT2D eigenvalue weighted by molar-refractivity contribution is 5.15. The van der Waals surface area contributed by atoms with Crippen LogP contribution in [-0.4, -0.2) is 42.1 Å². The van der Waals surface area contributed by atoms with Gasteiger partial charge in [-0.05, 0) is 39.5 Å². The van der Waals surface area contributed by atoms with E-state index >= 15 is 0 Å². The average Bonchev–Trinajstić information content (AvgIpc) is 3.34. The van der Waals surface area contributed by atoms with E-state index in [2.05, 4.69) is 35.1 Å². The first-order chi connectivity index (χ1) is 12.1. The average molecular weight is 344 g/mol. The van der Waals surface area contributed by atoms with E-state index in [0.717, 1.165) is 50.5 Å². The summed E-state index contributed by atoms with van der Waals surface area (Å²) in [5, 5.41) is 9.04. The van der Waals surface area contributed by atoms with Crippen molar-refractivity contribution in [2.75, 3.05) is 13.1 Å². The van der Waals surface area contributed by atoms with Gasteiger partial charge in [0.05, 0.1) is 5.69 Å². The van der Waals surface area contributed by atoms with E-state index in [1.165, 1.54) is 23.1 Å². The molecule has 1 saturated carbocycles. The van der Waals surface area contributed by atoms with Gasteiger partial charge in [0.1, 0.15) is 5.82 Å². The quantitative estimate of drug-likeness (QED) is 0.830. The zero-order valence-corrected chi connectivity index (χ0v) is 15.5. The highest BCUT2D eigenvalue weighted by Crippen LogP contribution is 2.40. The second-order valence-electron chi connectivity index (χ2n) is 7.51. The van der Waals surface area contributed by atoms with Crippen molar-refractivity contribution in [2.24, 2.45) is 7.05 Å². The maximum atomic E-state index is 12.5. The molecular weight excluding hydrogens is 316 g/mol. The fraction of sp³-hybridized carbons (Fsp3) is 0.722. The lowest BCUT2D eigenvalue weighted by Gasteiger charge is -2.32. The SMILES string of the molecule is CCn1cc(CN2CCC(n3c(C4CC4)nn(C)c3=O)CC2)c(C)n1. The second-order valence-corrected chi connectivity index (χ2v) is 7.51. The predicted octanol–water partition coefficient (Wildman–Crippen LogP) is 1.82. The lowest BCUT2D eigenvalue weighted by molar-refractivity contribution is 0.176. The summed E-state index contributed by atoms with van der Waals surface area (Å²) >= 11 is 0. The Morgan fingerprint density at radius 3 is 2.48 bits per heavy atom. The van der Waals surface area contributed by atoms with Crippen LogP contribution in [-0.2, 0) is 20.1 Å². The number of aryl methyl sites for hydroxylation is 3. The van der Waals surface area contributed by atoms with Crippen molar-refractivity contribution in [1.29, 1.82) is 0 Å². The molecule has 2 fully saturated rings. The minimum Gasteiger partial charge on any atom is -0.299 e. The molecule has 1 aliphatic heterocycles. The standard InChI is InChI=1S/C18H28N6O/c1-4-23-12-15(13(2)19-23)11-22-9-7-16(8-10-22)24-17(14-5-6-14)20-21(3)18(24)25/h12,14,16H,4-11H2,1-3H3. The van der Waals surface area contributed by atoms with Gasteiger partial charge in [0, 0.05) is 56.9 Å². The topological polar surface area (TPSA) is 60.9 Å². The van der Waals surface area contributed by atoms with Gasteiger partial charge < -0.3 is 0 Å². The molecule has 0 N–H and O–H groups in total. The third-order valence-corrected chi connectivity index (χ3v) is 5.61. The highest BCUT2D eigenvalue weighted by atomic mass is 16.2. The molecule has 0 unspecified atom stereocenters. The van der Waals surface area contributed by atoms with E-state index in [0.29, 0.717) is 12.0 Å². The van der Waals surface area contributed by atoms with Gasteiger partial charge in [0.2, 0.25) is 0 Å². The molecular formula is C18H28N6O. The molecule has 7 nitrogen and oxygen atoms in total. The monoisotopic (exact) mass is 344 g/mol. The zero-order valence-electron chi connectivity index (χ0n) is 15.5.